The fourth-order valence-corrected chi connectivity index (χ4v) is 2.29. The Morgan fingerprint density at radius 3 is 2.45 bits per heavy atom. The third-order valence-corrected chi connectivity index (χ3v) is 3.35. The molecular weight excluding hydrogens is 319 g/mol. The molecule has 0 aromatic carbocycles. The van der Waals surface area contributed by atoms with E-state index in [1.807, 2.05) is 23.8 Å². The molecule has 0 fully saturated rings. The molecule has 108 valence electrons. The lowest BCUT2D eigenvalue weighted by atomic mass is 10.2. The zero-order valence-corrected chi connectivity index (χ0v) is 13.1. The molecule has 0 atom stereocenters. The summed E-state index contributed by atoms with van der Waals surface area (Å²) in [5.74, 6) is 6.85. The highest BCUT2D eigenvalue weighted by molar-refractivity contribution is 6.29. The molecule has 3 heterocycles. The van der Waals surface area contributed by atoms with Crippen LogP contribution in [0.4, 0.5) is 0 Å². The number of halogens is 2. The average molecular weight is 329 g/mol. The van der Waals surface area contributed by atoms with Crippen molar-refractivity contribution in [3.8, 4) is 17.5 Å². The van der Waals surface area contributed by atoms with Crippen LogP contribution in [0.5, 0.6) is 0 Å². The van der Waals surface area contributed by atoms with Crippen LogP contribution in [0.1, 0.15) is 17.1 Å². The highest BCUT2D eigenvalue weighted by Crippen LogP contribution is 2.15. The molecule has 22 heavy (non-hydrogen) atoms. The first-order valence-corrected chi connectivity index (χ1v) is 7.19. The molecule has 3 aromatic rings. The minimum absolute atomic E-state index is 0.417. The van der Waals surface area contributed by atoms with Gasteiger partial charge in [0.25, 0.3) is 0 Å². The van der Waals surface area contributed by atoms with Gasteiger partial charge in [0.05, 0.1) is 5.69 Å². The Kier molecular flexibility index (Phi) is 4.10. The van der Waals surface area contributed by atoms with Gasteiger partial charge in [-0.25, -0.2) is 15.0 Å². The van der Waals surface area contributed by atoms with Crippen molar-refractivity contribution in [3.05, 3.63) is 70.2 Å². The molecule has 0 aliphatic heterocycles. The molecule has 0 aliphatic rings. The molecule has 0 spiro atoms. The number of hydrogen-bond donors (Lipinski definition) is 0. The Bertz CT molecular complexity index is 890. The third-order valence-electron chi connectivity index (χ3n) is 2.93. The van der Waals surface area contributed by atoms with Crippen LogP contribution in [0, 0.1) is 18.8 Å². The predicted molar refractivity (Wildman–Crippen MR) is 86.3 cm³/mol. The summed E-state index contributed by atoms with van der Waals surface area (Å²) in [4.78, 5) is 12.3. The number of pyridine rings is 2. The van der Waals surface area contributed by atoms with Gasteiger partial charge < -0.3 is 4.57 Å². The summed E-state index contributed by atoms with van der Waals surface area (Å²) in [6.45, 7) is 1.91. The van der Waals surface area contributed by atoms with Gasteiger partial charge in [0.15, 0.2) is 0 Å². The number of rotatable bonds is 1. The normalized spacial score (nSPS) is 10.1. The zero-order chi connectivity index (χ0) is 15.5. The second-order valence-electron chi connectivity index (χ2n) is 4.50. The third kappa shape index (κ3) is 3.28. The molecule has 3 rings (SSSR count). The topological polar surface area (TPSA) is 43.6 Å². The van der Waals surface area contributed by atoms with E-state index < -0.39 is 0 Å². The minimum atomic E-state index is 0.417. The van der Waals surface area contributed by atoms with E-state index in [9.17, 15) is 0 Å². The van der Waals surface area contributed by atoms with Crippen molar-refractivity contribution >= 4 is 23.2 Å². The van der Waals surface area contributed by atoms with E-state index in [1.54, 1.807) is 30.6 Å². The van der Waals surface area contributed by atoms with Gasteiger partial charge in [0, 0.05) is 24.2 Å². The van der Waals surface area contributed by atoms with Gasteiger partial charge in [-0.2, -0.15) is 0 Å². The molecule has 0 radical (unpaired) electrons. The molecule has 6 heteroatoms. The summed E-state index contributed by atoms with van der Waals surface area (Å²) in [5, 5.41) is 0.851. The van der Waals surface area contributed by atoms with Crippen molar-refractivity contribution in [2.24, 2.45) is 0 Å². The Balaban J connectivity index is 1.93. The van der Waals surface area contributed by atoms with Gasteiger partial charge in [0.2, 0.25) is 0 Å². The predicted octanol–water partition coefficient (Wildman–Crippen LogP) is 3.68. The summed E-state index contributed by atoms with van der Waals surface area (Å²) in [6, 6.07) is 7.14. The fourth-order valence-electron chi connectivity index (χ4n) is 1.95. The molecule has 0 saturated heterocycles. The van der Waals surface area contributed by atoms with Crippen LogP contribution in [0.15, 0.2) is 42.9 Å². The number of nitrogens with zero attached hydrogens (tertiary/aromatic N) is 4. The molecular formula is C16H10Cl2N4. The number of aryl methyl sites for hydroxylation is 1. The van der Waals surface area contributed by atoms with Gasteiger partial charge in [-0.15, -0.1) is 0 Å². The van der Waals surface area contributed by atoms with Crippen molar-refractivity contribution in [1.29, 1.82) is 0 Å². The average Bonchev–Trinajstić information content (AvgIpc) is 2.86. The van der Waals surface area contributed by atoms with Crippen LogP contribution < -0.4 is 0 Å². The largest absolute Gasteiger partial charge is 0.302 e. The smallest absolute Gasteiger partial charge is 0.132 e. The van der Waals surface area contributed by atoms with Crippen LogP contribution in [-0.2, 0) is 0 Å². The first-order valence-electron chi connectivity index (χ1n) is 6.43. The summed E-state index contributed by atoms with van der Waals surface area (Å²) < 4.78 is 1.91. The number of imidazole rings is 1. The number of hydrogen-bond acceptors (Lipinski definition) is 3. The quantitative estimate of drug-likeness (QED) is 0.505. The number of aromatic nitrogens is 4. The van der Waals surface area contributed by atoms with Gasteiger partial charge in [-0.3, -0.25) is 0 Å². The lowest BCUT2D eigenvalue weighted by Crippen LogP contribution is -1.95. The standard InChI is InChI=1S/C16H10Cl2N4/c1-11-21-13(3-2-12-4-6-19-15(17)8-12)10-22(11)14-5-7-20-16(18)9-14/h4-10H,1H3. The molecule has 0 unspecified atom stereocenters. The van der Waals surface area contributed by atoms with Crippen molar-refractivity contribution in [3.63, 3.8) is 0 Å². The van der Waals surface area contributed by atoms with E-state index >= 15 is 0 Å². The van der Waals surface area contributed by atoms with Crippen LogP contribution in [0.3, 0.4) is 0 Å². The maximum atomic E-state index is 5.92. The van der Waals surface area contributed by atoms with Gasteiger partial charge >= 0.3 is 0 Å². The van der Waals surface area contributed by atoms with Crippen molar-refractivity contribution < 1.29 is 0 Å². The molecule has 0 amide bonds. The monoisotopic (exact) mass is 328 g/mol. The van der Waals surface area contributed by atoms with E-state index in [2.05, 4.69) is 26.8 Å². The first kappa shape index (κ1) is 14.6. The van der Waals surface area contributed by atoms with Gasteiger partial charge in [-0.05, 0) is 37.1 Å². The SMILES string of the molecule is Cc1nc(C#Cc2ccnc(Cl)c2)cn1-c1ccnc(Cl)c1. The van der Waals surface area contributed by atoms with E-state index in [-0.39, 0.29) is 0 Å². The second-order valence-corrected chi connectivity index (χ2v) is 5.27. The highest BCUT2D eigenvalue weighted by atomic mass is 35.5. The minimum Gasteiger partial charge on any atom is -0.302 e. The molecule has 0 N–H and O–H groups in total. The van der Waals surface area contributed by atoms with Crippen LogP contribution in [-0.4, -0.2) is 19.5 Å². The van der Waals surface area contributed by atoms with E-state index in [0.29, 0.717) is 16.0 Å². The zero-order valence-electron chi connectivity index (χ0n) is 11.6. The fraction of sp³-hybridized carbons (Fsp3) is 0.0625. The van der Waals surface area contributed by atoms with E-state index in [1.165, 1.54) is 0 Å². The molecule has 0 bridgehead atoms. The Hall–Kier alpha value is -2.35. The Labute approximate surface area is 137 Å². The van der Waals surface area contributed by atoms with Gasteiger partial charge in [0.1, 0.15) is 21.8 Å². The lowest BCUT2D eigenvalue weighted by Gasteiger charge is -2.03. The summed E-state index contributed by atoms with van der Waals surface area (Å²) in [5.41, 5.74) is 2.35. The second kappa shape index (κ2) is 6.18. The van der Waals surface area contributed by atoms with Gasteiger partial charge in [-0.1, -0.05) is 29.1 Å². The van der Waals surface area contributed by atoms with Crippen molar-refractivity contribution in [2.45, 2.75) is 6.92 Å². The summed E-state index contributed by atoms with van der Waals surface area (Å²) in [6.07, 6.45) is 5.13. The Morgan fingerprint density at radius 2 is 1.73 bits per heavy atom. The van der Waals surface area contributed by atoms with Crippen LogP contribution in [0.25, 0.3) is 5.69 Å². The van der Waals surface area contributed by atoms with Crippen LogP contribution in [0.2, 0.25) is 10.3 Å². The van der Waals surface area contributed by atoms with E-state index in [4.69, 9.17) is 23.2 Å². The maximum Gasteiger partial charge on any atom is 0.132 e. The summed E-state index contributed by atoms with van der Waals surface area (Å²) in [7, 11) is 0. The molecule has 4 nitrogen and oxygen atoms in total. The Morgan fingerprint density at radius 1 is 1.00 bits per heavy atom. The van der Waals surface area contributed by atoms with E-state index in [0.717, 1.165) is 17.1 Å². The van der Waals surface area contributed by atoms with Crippen LogP contribution >= 0.6 is 23.2 Å². The summed E-state index contributed by atoms with van der Waals surface area (Å²) >= 11 is 11.8. The molecule has 0 saturated carbocycles. The first-order chi connectivity index (χ1) is 10.6. The van der Waals surface area contributed by atoms with Crippen molar-refractivity contribution in [1.82, 2.24) is 19.5 Å². The molecule has 3 aromatic heterocycles. The van der Waals surface area contributed by atoms with Crippen molar-refractivity contribution in [2.75, 3.05) is 0 Å². The molecule has 0 aliphatic carbocycles. The highest BCUT2D eigenvalue weighted by Gasteiger charge is 2.05. The maximum absolute atomic E-state index is 5.92. The lowest BCUT2D eigenvalue weighted by molar-refractivity contribution is 0.970.